The molecule has 1 aliphatic rings. The second-order valence-corrected chi connectivity index (χ2v) is 8.63. The number of likely N-dealkylation sites (N-methyl/N-ethyl adjacent to an activating group) is 1. The second-order valence-electron chi connectivity index (χ2n) is 8.63. The van der Waals surface area contributed by atoms with E-state index in [1.807, 2.05) is 36.4 Å². The van der Waals surface area contributed by atoms with E-state index < -0.39 is 0 Å². The molecule has 33 heavy (non-hydrogen) atoms. The summed E-state index contributed by atoms with van der Waals surface area (Å²) in [5.41, 5.74) is 5.19. The smallest absolute Gasteiger partial charge is 0.136 e. The van der Waals surface area contributed by atoms with E-state index in [1.165, 1.54) is 5.56 Å². The quantitative estimate of drug-likeness (QED) is 0.317. The number of aromatic nitrogens is 2. The standard InChI is InChI=1S/C28H29N3O2/c1-31(2)18-19-32-25(17-16-20-10-4-3-5-11-20)28-29-26-21-12-6-8-14-23(21)33-24-15-9-7-13-22(24)27(26)30-28/h3-15,25H,16-19H2,1-2H3,(H,29,30). The Morgan fingerprint density at radius 1 is 0.879 bits per heavy atom. The lowest BCUT2D eigenvalue weighted by Gasteiger charge is -2.18. The third-order valence-corrected chi connectivity index (χ3v) is 5.94. The van der Waals surface area contributed by atoms with E-state index in [4.69, 9.17) is 14.5 Å². The molecule has 2 heterocycles. The summed E-state index contributed by atoms with van der Waals surface area (Å²) in [5, 5.41) is 0. The van der Waals surface area contributed by atoms with Gasteiger partial charge in [-0.25, -0.2) is 4.98 Å². The number of nitrogens with one attached hydrogen (secondary N) is 1. The molecule has 5 nitrogen and oxygen atoms in total. The molecule has 1 aliphatic heterocycles. The molecule has 1 unspecified atom stereocenters. The molecular formula is C28H29N3O2. The monoisotopic (exact) mass is 439 g/mol. The molecule has 0 saturated carbocycles. The van der Waals surface area contributed by atoms with Crippen LogP contribution in [0.25, 0.3) is 22.5 Å². The molecule has 3 aromatic carbocycles. The van der Waals surface area contributed by atoms with Gasteiger partial charge in [-0.15, -0.1) is 0 Å². The molecule has 4 aromatic rings. The van der Waals surface area contributed by atoms with Crippen molar-refractivity contribution in [2.75, 3.05) is 27.2 Å². The summed E-state index contributed by atoms with van der Waals surface area (Å²) in [6.45, 7) is 1.51. The number of hydrogen-bond acceptors (Lipinski definition) is 4. The molecule has 0 saturated heterocycles. The second kappa shape index (κ2) is 9.61. The Labute approximate surface area is 195 Å². The highest BCUT2D eigenvalue weighted by Crippen LogP contribution is 2.45. The number of H-pyrrole nitrogens is 1. The van der Waals surface area contributed by atoms with Crippen LogP contribution in [-0.4, -0.2) is 42.1 Å². The minimum Gasteiger partial charge on any atom is -0.456 e. The Balaban J connectivity index is 1.52. The number of aryl methyl sites for hydroxylation is 1. The number of ether oxygens (including phenoxy) is 2. The van der Waals surface area contributed by atoms with Crippen LogP contribution in [0.15, 0.2) is 78.9 Å². The summed E-state index contributed by atoms with van der Waals surface area (Å²) < 4.78 is 12.6. The van der Waals surface area contributed by atoms with Gasteiger partial charge in [0.1, 0.15) is 29.1 Å². The van der Waals surface area contributed by atoms with Gasteiger partial charge in [0.25, 0.3) is 0 Å². The number of imidazole rings is 1. The number of aromatic amines is 1. The van der Waals surface area contributed by atoms with Gasteiger partial charge in [-0.1, -0.05) is 54.6 Å². The molecule has 1 N–H and O–H groups in total. The highest BCUT2D eigenvalue weighted by atomic mass is 16.5. The number of fused-ring (bicyclic) bond motifs is 5. The van der Waals surface area contributed by atoms with Crippen LogP contribution in [0.2, 0.25) is 0 Å². The first-order valence-corrected chi connectivity index (χ1v) is 11.5. The van der Waals surface area contributed by atoms with E-state index in [0.717, 1.165) is 59.2 Å². The van der Waals surface area contributed by atoms with Crippen LogP contribution in [0.1, 0.15) is 23.9 Å². The molecule has 0 fully saturated rings. The zero-order valence-electron chi connectivity index (χ0n) is 19.1. The number of rotatable bonds is 8. The van der Waals surface area contributed by atoms with Crippen LogP contribution >= 0.6 is 0 Å². The summed E-state index contributed by atoms with van der Waals surface area (Å²) in [7, 11) is 4.12. The molecule has 168 valence electrons. The number of hydrogen-bond donors (Lipinski definition) is 1. The lowest BCUT2D eigenvalue weighted by Crippen LogP contribution is -2.20. The zero-order valence-corrected chi connectivity index (χ0v) is 19.1. The first-order chi connectivity index (χ1) is 16.2. The van der Waals surface area contributed by atoms with Gasteiger partial charge in [0.2, 0.25) is 0 Å². The SMILES string of the molecule is CN(C)CCOC(CCc1ccccc1)c1nc2c([nH]1)-c1ccccc1Oc1ccccc1-2. The lowest BCUT2D eigenvalue weighted by molar-refractivity contribution is 0.0331. The molecule has 5 heteroatoms. The molecule has 1 atom stereocenters. The van der Waals surface area contributed by atoms with Crippen molar-refractivity contribution in [3.05, 3.63) is 90.3 Å². The Hall–Kier alpha value is -3.41. The van der Waals surface area contributed by atoms with E-state index in [1.54, 1.807) is 0 Å². The Morgan fingerprint density at radius 2 is 1.55 bits per heavy atom. The van der Waals surface area contributed by atoms with Gasteiger partial charge < -0.3 is 19.4 Å². The van der Waals surface area contributed by atoms with Crippen molar-refractivity contribution in [3.63, 3.8) is 0 Å². The van der Waals surface area contributed by atoms with Crippen LogP contribution < -0.4 is 4.74 Å². The number of nitrogens with zero attached hydrogens (tertiary/aromatic N) is 2. The van der Waals surface area contributed by atoms with Gasteiger partial charge in [-0.05, 0) is 56.8 Å². The molecule has 1 aromatic heterocycles. The number of para-hydroxylation sites is 2. The summed E-state index contributed by atoms with van der Waals surface area (Å²) in [5.74, 6) is 2.51. The Kier molecular flexibility index (Phi) is 6.24. The van der Waals surface area contributed by atoms with Gasteiger partial charge in [-0.3, -0.25) is 0 Å². The maximum Gasteiger partial charge on any atom is 0.136 e. The van der Waals surface area contributed by atoms with Gasteiger partial charge in [0.05, 0.1) is 12.3 Å². The zero-order chi connectivity index (χ0) is 22.6. The van der Waals surface area contributed by atoms with Gasteiger partial charge in [0, 0.05) is 17.7 Å². The van der Waals surface area contributed by atoms with Crippen molar-refractivity contribution < 1.29 is 9.47 Å². The highest BCUT2D eigenvalue weighted by molar-refractivity contribution is 5.86. The fourth-order valence-corrected chi connectivity index (χ4v) is 4.18. The van der Waals surface area contributed by atoms with Crippen LogP contribution in [0, 0.1) is 0 Å². The Morgan fingerprint density at radius 3 is 2.30 bits per heavy atom. The highest BCUT2D eigenvalue weighted by Gasteiger charge is 2.26. The lowest BCUT2D eigenvalue weighted by atomic mass is 10.1. The molecular weight excluding hydrogens is 410 g/mol. The maximum absolute atomic E-state index is 6.38. The van der Waals surface area contributed by atoms with E-state index >= 15 is 0 Å². The van der Waals surface area contributed by atoms with Crippen molar-refractivity contribution in [3.8, 4) is 34.0 Å². The van der Waals surface area contributed by atoms with Crippen LogP contribution in [0.5, 0.6) is 11.5 Å². The van der Waals surface area contributed by atoms with Gasteiger partial charge in [-0.2, -0.15) is 0 Å². The van der Waals surface area contributed by atoms with Crippen LogP contribution in [0.4, 0.5) is 0 Å². The average Bonchev–Trinajstić information content (AvgIpc) is 3.22. The Bertz CT molecular complexity index is 1150. The van der Waals surface area contributed by atoms with Crippen molar-refractivity contribution in [1.82, 2.24) is 14.9 Å². The minimum atomic E-state index is -0.127. The van der Waals surface area contributed by atoms with Gasteiger partial charge >= 0.3 is 0 Å². The molecule has 0 radical (unpaired) electrons. The first-order valence-electron chi connectivity index (χ1n) is 11.5. The number of benzene rings is 3. The topological polar surface area (TPSA) is 50.4 Å². The molecule has 0 aliphatic carbocycles. The first kappa shape index (κ1) is 21.4. The molecule has 0 spiro atoms. The average molecular weight is 440 g/mol. The van der Waals surface area contributed by atoms with Crippen molar-refractivity contribution in [2.45, 2.75) is 18.9 Å². The van der Waals surface area contributed by atoms with Crippen LogP contribution in [-0.2, 0) is 11.2 Å². The minimum absolute atomic E-state index is 0.127. The third-order valence-electron chi connectivity index (χ3n) is 5.94. The molecule has 5 rings (SSSR count). The summed E-state index contributed by atoms with van der Waals surface area (Å²) in [6, 6.07) is 26.7. The molecule has 0 bridgehead atoms. The third kappa shape index (κ3) is 4.70. The van der Waals surface area contributed by atoms with E-state index in [-0.39, 0.29) is 6.10 Å². The van der Waals surface area contributed by atoms with Crippen LogP contribution in [0.3, 0.4) is 0 Å². The fourth-order valence-electron chi connectivity index (χ4n) is 4.18. The summed E-state index contributed by atoms with van der Waals surface area (Å²) >= 11 is 0. The van der Waals surface area contributed by atoms with E-state index in [0.29, 0.717) is 6.61 Å². The van der Waals surface area contributed by atoms with Crippen molar-refractivity contribution in [2.24, 2.45) is 0 Å². The van der Waals surface area contributed by atoms with Crippen molar-refractivity contribution >= 4 is 0 Å². The summed E-state index contributed by atoms with van der Waals surface area (Å²) in [6.07, 6.45) is 1.65. The van der Waals surface area contributed by atoms with Gasteiger partial charge in [0.15, 0.2) is 0 Å². The maximum atomic E-state index is 6.38. The van der Waals surface area contributed by atoms with E-state index in [9.17, 15) is 0 Å². The fraction of sp³-hybridized carbons (Fsp3) is 0.250. The van der Waals surface area contributed by atoms with E-state index in [2.05, 4.69) is 66.4 Å². The van der Waals surface area contributed by atoms with Crippen molar-refractivity contribution in [1.29, 1.82) is 0 Å². The molecule has 0 amide bonds. The summed E-state index contributed by atoms with van der Waals surface area (Å²) in [4.78, 5) is 10.8. The predicted octanol–water partition coefficient (Wildman–Crippen LogP) is 6.10. The largest absolute Gasteiger partial charge is 0.456 e. The normalized spacial score (nSPS) is 12.9. The predicted molar refractivity (Wildman–Crippen MR) is 132 cm³/mol.